The van der Waals surface area contributed by atoms with Crippen molar-refractivity contribution in [3.05, 3.63) is 35.4 Å². The lowest BCUT2D eigenvalue weighted by Crippen LogP contribution is -2.54. The van der Waals surface area contributed by atoms with Crippen LogP contribution in [0, 0.1) is 23.0 Å². The number of piperazine rings is 1. The van der Waals surface area contributed by atoms with Crippen molar-refractivity contribution in [1.29, 1.82) is 5.26 Å². The summed E-state index contributed by atoms with van der Waals surface area (Å²) in [7, 11) is 0. The van der Waals surface area contributed by atoms with Crippen molar-refractivity contribution in [2.75, 3.05) is 19.8 Å². The van der Waals surface area contributed by atoms with E-state index in [1.165, 1.54) is 17.0 Å². The highest BCUT2D eigenvalue weighted by Crippen LogP contribution is 2.32. The molecule has 1 aromatic rings. The monoisotopic (exact) mass is 405 g/mol. The molecule has 3 unspecified atom stereocenters. The van der Waals surface area contributed by atoms with Gasteiger partial charge >= 0.3 is 6.03 Å². The van der Waals surface area contributed by atoms with E-state index in [2.05, 4.69) is 11.4 Å². The highest BCUT2D eigenvalue weighted by molar-refractivity contribution is 5.86. The number of carbonyl (C=O) groups is 2. The van der Waals surface area contributed by atoms with Gasteiger partial charge in [-0.3, -0.25) is 9.69 Å². The van der Waals surface area contributed by atoms with Crippen LogP contribution in [-0.4, -0.2) is 64.5 Å². The first-order valence-electron chi connectivity index (χ1n) is 9.77. The van der Waals surface area contributed by atoms with Crippen molar-refractivity contribution in [2.24, 2.45) is 0 Å². The van der Waals surface area contributed by atoms with Gasteiger partial charge in [0.2, 0.25) is 5.91 Å². The molecule has 0 saturated carbocycles. The number of halogens is 2. The fraction of sp³-hybridized carbons (Fsp3) is 0.550. The van der Waals surface area contributed by atoms with E-state index in [9.17, 15) is 18.4 Å². The van der Waals surface area contributed by atoms with Gasteiger partial charge in [-0.2, -0.15) is 5.26 Å². The average molecular weight is 405 g/mol. The largest absolute Gasteiger partial charge is 0.333 e. The van der Waals surface area contributed by atoms with Crippen LogP contribution in [0.2, 0.25) is 0 Å². The van der Waals surface area contributed by atoms with Gasteiger partial charge in [0, 0.05) is 31.7 Å². The van der Waals surface area contributed by atoms with E-state index in [0.717, 1.165) is 12.5 Å². The Morgan fingerprint density at radius 3 is 2.66 bits per heavy atom. The average Bonchev–Trinajstić information content (AvgIpc) is 3.22. The predicted molar refractivity (Wildman–Crippen MR) is 101 cm³/mol. The maximum Gasteiger partial charge on any atom is 0.319 e. The Hall–Kier alpha value is -2.73. The Balaban J connectivity index is 1.57. The maximum absolute atomic E-state index is 13.4. The molecule has 2 fully saturated rings. The van der Waals surface area contributed by atoms with Crippen LogP contribution in [0.5, 0.6) is 0 Å². The normalized spacial score (nSPS) is 21.9. The SMILES string of the molecule is CCCN(C(=O)NCN1CC2CC1C(=O)N2Cc1cc(F)cc(F)c1)C(C)C#N. The summed E-state index contributed by atoms with van der Waals surface area (Å²) in [4.78, 5) is 30.2. The van der Waals surface area contributed by atoms with E-state index in [1.807, 2.05) is 11.8 Å². The molecule has 2 bridgehead atoms. The molecule has 0 radical (unpaired) electrons. The molecule has 3 atom stereocenters. The molecule has 2 aliphatic heterocycles. The van der Waals surface area contributed by atoms with Crippen LogP contribution in [0.15, 0.2) is 18.2 Å². The van der Waals surface area contributed by atoms with E-state index in [0.29, 0.717) is 25.1 Å². The number of nitrogens with zero attached hydrogens (tertiary/aromatic N) is 4. The summed E-state index contributed by atoms with van der Waals surface area (Å²) >= 11 is 0. The minimum atomic E-state index is -0.663. The van der Waals surface area contributed by atoms with Crippen molar-refractivity contribution >= 4 is 11.9 Å². The molecule has 2 saturated heterocycles. The highest BCUT2D eigenvalue weighted by Gasteiger charge is 2.49. The summed E-state index contributed by atoms with van der Waals surface area (Å²) in [5.41, 5.74) is 0.420. The third kappa shape index (κ3) is 4.48. The molecule has 29 heavy (non-hydrogen) atoms. The minimum Gasteiger partial charge on any atom is -0.333 e. The van der Waals surface area contributed by atoms with E-state index in [-0.39, 0.29) is 37.2 Å². The van der Waals surface area contributed by atoms with Gasteiger partial charge in [-0.25, -0.2) is 13.6 Å². The van der Waals surface area contributed by atoms with Crippen molar-refractivity contribution in [3.8, 4) is 6.07 Å². The Labute approximate surface area is 168 Å². The topological polar surface area (TPSA) is 79.7 Å². The Kier molecular flexibility index (Phi) is 6.33. The fourth-order valence-corrected chi connectivity index (χ4v) is 4.07. The highest BCUT2D eigenvalue weighted by atomic mass is 19.1. The Morgan fingerprint density at radius 2 is 2.07 bits per heavy atom. The van der Waals surface area contributed by atoms with Gasteiger partial charge in [-0.1, -0.05) is 6.92 Å². The first-order valence-corrected chi connectivity index (χ1v) is 9.77. The number of rotatable bonds is 7. The van der Waals surface area contributed by atoms with Crippen LogP contribution in [-0.2, 0) is 11.3 Å². The molecule has 2 heterocycles. The number of urea groups is 1. The molecule has 0 aliphatic carbocycles. The second kappa shape index (κ2) is 8.74. The zero-order valence-electron chi connectivity index (χ0n) is 16.6. The lowest BCUT2D eigenvalue weighted by Gasteiger charge is -2.34. The molecule has 3 rings (SSSR count). The van der Waals surface area contributed by atoms with Gasteiger partial charge in [-0.05, 0) is 37.5 Å². The summed E-state index contributed by atoms with van der Waals surface area (Å²) in [5, 5.41) is 11.9. The molecule has 9 heteroatoms. The third-order valence-corrected chi connectivity index (χ3v) is 5.48. The van der Waals surface area contributed by atoms with Crippen LogP contribution in [0.1, 0.15) is 32.3 Å². The van der Waals surface area contributed by atoms with Gasteiger partial charge in [0.05, 0.1) is 18.8 Å². The van der Waals surface area contributed by atoms with E-state index in [4.69, 9.17) is 5.26 Å². The van der Waals surface area contributed by atoms with Gasteiger partial charge in [0.1, 0.15) is 17.7 Å². The predicted octanol–water partition coefficient (Wildman–Crippen LogP) is 2.04. The molecule has 0 spiro atoms. The number of nitrogens with one attached hydrogen (secondary N) is 1. The van der Waals surface area contributed by atoms with Crippen LogP contribution in [0.4, 0.5) is 13.6 Å². The van der Waals surface area contributed by atoms with Crippen LogP contribution >= 0.6 is 0 Å². The zero-order chi connectivity index (χ0) is 21.1. The molecule has 2 aliphatic rings. The lowest BCUT2D eigenvalue weighted by atomic mass is 10.2. The van der Waals surface area contributed by atoms with Crippen molar-refractivity contribution in [1.82, 2.24) is 20.0 Å². The van der Waals surface area contributed by atoms with E-state index < -0.39 is 17.7 Å². The number of hydrogen-bond acceptors (Lipinski definition) is 4. The second-order valence-corrected chi connectivity index (χ2v) is 7.56. The van der Waals surface area contributed by atoms with Crippen molar-refractivity contribution in [2.45, 2.75) is 51.4 Å². The molecule has 3 amide bonds. The second-order valence-electron chi connectivity index (χ2n) is 7.56. The standard InChI is InChI=1S/C20H25F2N5O2/c1-3-4-26(13(2)9-23)20(29)24-12-25-11-17-8-18(25)19(28)27(17)10-14-5-15(21)7-16(22)6-14/h5-7,13,17-18H,3-4,8,10-12H2,1-2H3,(H,24,29). The van der Waals surface area contributed by atoms with Gasteiger partial charge in [0.25, 0.3) is 0 Å². The van der Waals surface area contributed by atoms with E-state index in [1.54, 1.807) is 11.8 Å². The molecule has 0 aromatic heterocycles. The number of nitriles is 1. The molecule has 7 nitrogen and oxygen atoms in total. The Bertz CT molecular complexity index is 807. The zero-order valence-corrected chi connectivity index (χ0v) is 16.6. The van der Waals surface area contributed by atoms with Crippen molar-refractivity contribution in [3.63, 3.8) is 0 Å². The van der Waals surface area contributed by atoms with Gasteiger partial charge in [0.15, 0.2) is 0 Å². The molecule has 156 valence electrons. The first-order chi connectivity index (χ1) is 13.8. The third-order valence-electron chi connectivity index (χ3n) is 5.48. The van der Waals surface area contributed by atoms with Crippen LogP contribution < -0.4 is 5.32 Å². The van der Waals surface area contributed by atoms with Crippen LogP contribution in [0.25, 0.3) is 0 Å². The molecular weight excluding hydrogens is 380 g/mol. The molecule has 1 aromatic carbocycles. The minimum absolute atomic E-state index is 0.0551. The van der Waals surface area contributed by atoms with E-state index >= 15 is 0 Å². The summed E-state index contributed by atoms with van der Waals surface area (Å²) in [6, 6.07) is 4.07. The lowest BCUT2D eigenvalue weighted by molar-refractivity contribution is -0.137. The number of hydrogen-bond donors (Lipinski definition) is 1. The fourth-order valence-electron chi connectivity index (χ4n) is 4.07. The quantitative estimate of drug-likeness (QED) is 0.753. The number of carbonyl (C=O) groups excluding carboxylic acids is 2. The molecule has 1 N–H and O–H groups in total. The summed E-state index contributed by atoms with van der Waals surface area (Å²) in [6.07, 6.45) is 1.36. The maximum atomic E-state index is 13.4. The summed E-state index contributed by atoms with van der Waals surface area (Å²) in [6.45, 7) is 5.04. The van der Waals surface area contributed by atoms with Gasteiger partial charge in [-0.15, -0.1) is 0 Å². The summed E-state index contributed by atoms with van der Waals surface area (Å²) < 4.78 is 26.8. The van der Waals surface area contributed by atoms with Crippen LogP contribution in [0.3, 0.4) is 0 Å². The molecular formula is C20H25F2N5O2. The summed E-state index contributed by atoms with van der Waals surface area (Å²) in [5.74, 6) is -1.43. The smallest absolute Gasteiger partial charge is 0.319 e. The number of likely N-dealkylation sites (tertiary alicyclic amines) is 2. The van der Waals surface area contributed by atoms with Crippen molar-refractivity contribution < 1.29 is 18.4 Å². The first kappa shape index (κ1) is 21.0. The number of amides is 3. The number of benzene rings is 1. The Morgan fingerprint density at radius 1 is 1.38 bits per heavy atom. The number of fused-ring (bicyclic) bond motifs is 2. The van der Waals surface area contributed by atoms with Gasteiger partial charge < -0.3 is 15.1 Å².